The van der Waals surface area contributed by atoms with E-state index in [2.05, 4.69) is 38.4 Å². The van der Waals surface area contributed by atoms with Crippen LogP contribution in [-0.2, 0) is 9.59 Å². The highest BCUT2D eigenvalue weighted by atomic mass is 127. The molecule has 2 rings (SSSR count). The van der Waals surface area contributed by atoms with E-state index in [1.165, 1.54) is 18.3 Å². The van der Waals surface area contributed by atoms with Crippen molar-refractivity contribution >= 4 is 46.3 Å². The molecule has 8 heteroatoms. The smallest absolute Gasteiger partial charge is 0.240 e. The Labute approximate surface area is 157 Å². The zero-order valence-corrected chi connectivity index (χ0v) is 15.2. The molecule has 2 amide bonds. The normalized spacial score (nSPS) is 10.6. The maximum atomic E-state index is 11.8. The van der Waals surface area contributed by atoms with Crippen LogP contribution >= 0.6 is 22.6 Å². The van der Waals surface area contributed by atoms with Crippen LogP contribution in [0.4, 0.5) is 5.69 Å². The number of carbonyl (C=O) groups excluding carboxylic acids is 2. The molecule has 4 N–H and O–H groups in total. The molecular formula is C17H16IN3O4. The summed E-state index contributed by atoms with van der Waals surface area (Å²) in [6, 6.07) is 11.3. The monoisotopic (exact) mass is 453 g/mol. The van der Waals surface area contributed by atoms with Crippen LogP contribution in [0.1, 0.15) is 18.4 Å². The average Bonchev–Trinajstić information content (AvgIpc) is 2.57. The largest absolute Gasteiger partial charge is 0.508 e. The van der Waals surface area contributed by atoms with Gasteiger partial charge in [-0.25, -0.2) is 5.43 Å². The lowest BCUT2D eigenvalue weighted by molar-refractivity contribution is -0.124. The number of hydrogen-bond donors (Lipinski definition) is 4. The van der Waals surface area contributed by atoms with Crippen molar-refractivity contribution in [2.75, 3.05) is 5.32 Å². The maximum Gasteiger partial charge on any atom is 0.240 e. The second-order valence-electron chi connectivity index (χ2n) is 5.09. The highest BCUT2D eigenvalue weighted by Crippen LogP contribution is 2.20. The number of phenolic OH excluding ortho intramolecular Hbond substituents is 2. The molecule has 2 aromatic carbocycles. The van der Waals surface area contributed by atoms with Gasteiger partial charge in [-0.15, -0.1) is 0 Å². The van der Waals surface area contributed by atoms with E-state index in [0.29, 0.717) is 11.3 Å². The molecule has 0 atom stereocenters. The Morgan fingerprint density at radius 1 is 1.04 bits per heavy atom. The summed E-state index contributed by atoms with van der Waals surface area (Å²) < 4.78 is 1.06. The fraction of sp³-hybridized carbons (Fsp3) is 0.118. The molecule has 0 fully saturated rings. The van der Waals surface area contributed by atoms with Gasteiger partial charge in [0.25, 0.3) is 0 Å². The molecule has 0 saturated heterocycles. The van der Waals surface area contributed by atoms with Crippen molar-refractivity contribution in [3.63, 3.8) is 0 Å². The van der Waals surface area contributed by atoms with Gasteiger partial charge in [-0.05, 0) is 59.0 Å². The standard InChI is InChI=1S/C17H16IN3O4/c18-12-2-4-13(5-3-12)20-16(24)7-8-17(25)21-19-10-11-1-6-14(22)9-15(11)23/h1-6,9-10,22-23H,7-8H2,(H,20,24)(H,21,25)/b19-10+. The van der Waals surface area contributed by atoms with Gasteiger partial charge in [0.1, 0.15) is 11.5 Å². The van der Waals surface area contributed by atoms with Crippen LogP contribution in [0.5, 0.6) is 11.5 Å². The van der Waals surface area contributed by atoms with Crippen molar-refractivity contribution in [1.29, 1.82) is 0 Å². The van der Waals surface area contributed by atoms with Crippen LogP contribution in [0, 0.1) is 3.57 Å². The second kappa shape index (κ2) is 9.02. The minimum absolute atomic E-state index is 0.0187. The van der Waals surface area contributed by atoms with Gasteiger partial charge in [0.05, 0.1) is 6.21 Å². The Bertz CT molecular complexity index is 791. The van der Waals surface area contributed by atoms with Crippen LogP contribution in [0.25, 0.3) is 0 Å². The number of nitrogens with zero attached hydrogens (tertiary/aromatic N) is 1. The highest BCUT2D eigenvalue weighted by Gasteiger charge is 2.07. The lowest BCUT2D eigenvalue weighted by Crippen LogP contribution is -2.20. The molecule has 0 heterocycles. The number of benzene rings is 2. The molecule has 0 aliphatic carbocycles. The minimum Gasteiger partial charge on any atom is -0.508 e. The van der Waals surface area contributed by atoms with Gasteiger partial charge in [-0.1, -0.05) is 0 Å². The molecule has 25 heavy (non-hydrogen) atoms. The molecule has 0 bridgehead atoms. The van der Waals surface area contributed by atoms with Gasteiger partial charge in [-0.3, -0.25) is 9.59 Å². The van der Waals surface area contributed by atoms with Crippen LogP contribution in [0.2, 0.25) is 0 Å². The van der Waals surface area contributed by atoms with E-state index in [-0.39, 0.29) is 30.2 Å². The first-order valence-corrected chi connectivity index (χ1v) is 8.41. The lowest BCUT2D eigenvalue weighted by atomic mass is 10.2. The predicted molar refractivity (Wildman–Crippen MR) is 103 cm³/mol. The fourth-order valence-corrected chi connectivity index (χ4v) is 2.21. The number of phenols is 2. The van der Waals surface area contributed by atoms with Gasteiger partial charge >= 0.3 is 0 Å². The third-order valence-corrected chi connectivity index (χ3v) is 3.83. The van der Waals surface area contributed by atoms with Gasteiger partial charge in [0.15, 0.2) is 0 Å². The number of amides is 2. The number of carbonyl (C=O) groups is 2. The molecule has 0 aliphatic heterocycles. The summed E-state index contributed by atoms with van der Waals surface area (Å²) in [5.41, 5.74) is 3.29. The lowest BCUT2D eigenvalue weighted by Gasteiger charge is -2.05. The number of halogens is 1. The number of hydrazone groups is 1. The predicted octanol–water partition coefficient (Wildman–Crippen LogP) is 2.57. The second-order valence-corrected chi connectivity index (χ2v) is 6.34. The molecular weight excluding hydrogens is 437 g/mol. The Balaban J connectivity index is 1.75. The molecule has 0 aromatic heterocycles. The van der Waals surface area contributed by atoms with Crippen LogP contribution < -0.4 is 10.7 Å². The van der Waals surface area contributed by atoms with Crippen molar-refractivity contribution in [2.24, 2.45) is 5.10 Å². The molecule has 0 unspecified atom stereocenters. The fourth-order valence-electron chi connectivity index (χ4n) is 1.85. The van der Waals surface area contributed by atoms with E-state index in [1.54, 1.807) is 12.1 Å². The first-order valence-electron chi connectivity index (χ1n) is 7.33. The average molecular weight is 453 g/mol. The van der Waals surface area contributed by atoms with Gasteiger partial charge in [0.2, 0.25) is 11.8 Å². The number of rotatable bonds is 6. The quantitative estimate of drug-likeness (QED) is 0.306. The third-order valence-electron chi connectivity index (χ3n) is 3.11. The van der Waals surface area contributed by atoms with Gasteiger partial charge < -0.3 is 15.5 Å². The molecule has 7 nitrogen and oxygen atoms in total. The Hall–Kier alpha value is -2.62. The van der Waals surface area contributed by atoms with Crippen LogP contribution in [-0.4, -0.2) is 28.2 Å². The molecule has 0 saturated carbocycles. The van der Waals surface area contributed by atoms with Gasteiger partial charge in [-0.2, -0.15) is 5.10 Å². The summed E-state index contributed by atoms with van der Waals surface area (Å²) in [5, 5.41) is 25.2. The topological polar surface area (TPSA) is 111 Å². The van der Waals surface area contributed by atoms with E-state index < -0.39 is 5.91 Å². The number of nitrogens with one attached hydrogen (secondary N) is 2. The zero-order chi connectivity index (χ0) is 18.2. The van der Waals surface area contributed by atoms with Crippen LogP contribution in [0.15, 0.2) is 47.6 Å². The van der Waals surface area contributed by atoms with Crippen molar-refractivity contribution in [2.45, 2.75) is 12.8 Å². The number of aromatic hydroxyl groups is 2. The van der Waals surface area contributed by atoms with Gasteiger partial charge in [0, 0.05) is 33.7 Å². The van der Waals surface area contributed by atoms with E-state index in [9.17, 15) is 19.8 Å². The first kappa shape index (κ1) is 18.7. The summed E-state index contributed by atoms with van der Waals surface area (Å²) in [6.45, 7) is 0. The van der Waals surface area contributed by atoms with E-state index >= 15 is 0 Å². The minimum atomic E-state index is -0.424. The molecule has 0 radical (unpaired) electrons. The first-order chi connectivity index (χ1) is 11.9. The van der Waals surface area contributed by atoms with E-state index in [1.807, 2.05) is 12.1 Å². The summed E-state index contributed by atoms with van der Waals surface area (Å²) in [5.74, 6) is -0.920. The van der Waals surface area contributed by atoms with E-state index in [0.717, 1.165) is 9.64 Å². The van der Waals surface area contributed by atoms with Crippen molar-refractivity contribution in [3.8, 4) is 11.5 Å². The van der Waals surface area contributed by atoms with Crippen molar-refractivity contribution in [1.82, 2.24) is 5.43 Å². The van der Waals surface area contributed by atoms with Crippen LogP contribution in [0.3, 0.4) is 0 Å². The van der Waals surface area contributed by atoms with E-state index in [4.69, 9.17) is 0 Å². The maximum absolute atomic E-state index is 11.8. The SMILES string of the molecule is O=C(CCC(=O)Nc1ccc(I)cc1)N/N=C/c1ccc(O)cc1O. The van der Waals surface area contributed by atoms with Crippen molar-refractivity contribution < 1.29 is 19.8 Å². The summed E-state index contributed by atoms with van der Waals surface area (Å²) in [6.07, 6.45) is 1.26. The molecule has 130 valence electrons. The molecule has 0 spiro atoms. The summed E-state index contributed by atoms with van der Waals surface area (Å²) in [7, 11) is 0. The molecule has 2 aromatic rings. The van der Waals surface area contributed by atoms with Crippen molar-refractivity contribution in [3.05, 3.63) is 51.6 Å². The summed E-state index contributed by atoms with van der Waals surface area (Å²) >= 11 is 2.17. The number of anilines is 1. The Morgan fingerprint density at radius 3 is 2.40 bits per heavy atom. The number of hydrogen-bond acceptors (Lipinski definition) is 5. The zero-order valence-electron chi connectivity index (χ0n) is 13.1. The highest BCUT2D eigenvalue weighted by molar-refractivity contribution is 14.1. The summed E-state index contributed by atoms with van der Waals surface area (Å²) in [4.78, 5) is 23.5. The molecule has 0 aliphatic rings. The third kappa shape index (κ3) is 6.42. The Morgan fingerprint density at radius 2 is 1.72 bits per heavy atom. The Kier molecular flexibility index (Phi) is 6.75.